The van der Waals surface area contributed by atoms with Gasteiger partial charge < -0.3 is 9.13 Å². The molecule has 4 heteroatoms. The van der Waals surface area contributed by atoms with Crippen LogP contribution in [0.3, 0.4) is 0 Å². The average Bonchev–Trinajstić information content (AvgIpc) is 3.74. The van der Waals surface area contributed by atoms with Crippen LogP contribution in [0.4, 0.5) is 0 Å². The molecule has 0 unspecified atom stereocenters. The van der Waals surface area contributed by atoms with Gasteiger partial charge in [-0.05, 0) is 79.5 Å². The summed E-state index contributed by atoms with van der Waals surface area (Å²) in [7, 11) is 0. The highest BCUT2D eigenvalue weighted by Gasteiger charge is 2.23. The standard InChI is InChI=1S/C48H26N4/c49-27-33-25-34(51-40-21-17-29-9-1-5-13-35(29)45(40)46-36-14-6-2-10-30(36)18-22-41(46)51)26-44(39(33)28-50)52-42-23-19-31-11-3-7-15-37(31)47(42)48-38-16-8-4-12-32(38)20-24-43(48)52/h1-26H. The van der Waals surface area contributed by atoms with Crippen molar-refractivity contribution >= 4 is 86.7 Å². The molecule has 0 spiro atoms. The van der Waals surface area contributed by atoms with Crippen molar-refractivity contribution in [2.75, 3.05) is 0 Å². The molecule has 4 nitrogen and oxygen atoms in total. The molecule has 52 heavy (non-hydrogen) atoms. The summed E-state index contributed by atoms with van der Waals surface area (Å²) in [5, 5.41) is 35.4. The lowest BCUT2D eigenvalue weighted by Crippen LogP contribution is -2.04. The Bertz CT molecular complexity index is 3250. The second-order valence-corrected chi connectivity index (χ2v) is 13.5. The molecule has 9 aromatic carbocycles. The van der Waals surface area contributed by atoms with Crippen LogP contribution in [0.2, 0.25) is 0 Å². The maximum atomic E-state index is 10.8. The van der Waals surface area contributed by atoms with E-state index in [4.69, 9.17) is 0 Å². The predicted octanol–water partition coefficient (Wildman–Crippen LogP) is 12.2. The minimum Gasteiger partial charge on any atom is -0.309 e. The molecule has 0 atom stereocenters. The molecule has 2 aromatic heterocycles. The molecule has 0 saturated heterocycles. The average molecular weight is 659 g/mol. The van der Waals surface area contributed by atoms with E-state index in [9.17, 15) is 10.5 Å². The van der Waals surface area contributed by atoms with Gasteiger partial charge in [-0.25, -0.2) is 0 Å². The van der Waals surface area contributed by atoms with Crippen LogP contribution in [0.1, 0.15) is 11.1 Å². The number of hydrogen-bond donors (Lipinski definition) is 0. The predicted molar refractivity (Wildman–Crippen MR) is 215 cm³/mol. The Morgan fingerprint density at radius 3 is 1.10 bits per heavy atom. The minimum atomic E-state index is 0.336. The first-order valence-electron chi connectivity index (χ1n) is 17.4. The van der Waals surface area contributed by atoms with Crippen LogP contribution in [0, 0.1) is 22.7 Å². The summed E-state index contributed by atoms with van der Waals surface area (Å²) in [5.41, 5.74) is 6.26. The van der Waals surface area contributed by atoms with Crippen molar-refractivity contribution in [3.8, 4) is 23.5 Å². The zero-order valence-corrected chi connectivity index (χ0v) is 27.8. The van der Waals surface area contributed by atoms with E-state index < -0.39 is 0 Å². The molecule has 0 saturated carbocycles. The first kappa shape index (κ1) is 28.4. The fourth-order valence-electron chi connectivity index (χ4n) is 8.76. The van der Waals surface area contributed by atoms with Crippen LogP contribution in [0.5, 0.6) is 0 Å². The Balaban J connectivity index is 1.33. The molecule has 0 aliphatic heterocycles. The third-order valence-corrected chi connectivity index (χ3v) is 10.9. The molecule has 11 aromatic rings. The van der Waals surface area contributed by atoms with Crippen LogP contribution in [-0.2, 0) is 0 Å². The summed E-state index contributed by atoms with van der Waals surface area (Å²) in [6.07, 6.45) is 0. The fourth-order valence-corrected chi connectivity index (χ4v) is 8.76. The summed E-state index contributed by atoms with van der Waals surface area (Å²) in [5.74, 6) is 0. The van der Waals surface area contributed by atoms with Crippen LogP contribution in [0.15, 0.2) is 158 Å². The zero-order chi connectivity index (χ0) is 34.5. The van der Waals surface area contributed by atoms with E-state index in [1.807, 2.05) is 6.07 Å². The van der Waals surface area contributed by atoms with Crippen molar-refractivity contribution in [2.45, 2.75) is 0 Å². The first-order chi connectivity index (χ1) is 25.7. The molecule has 0 amide bonds. The lowest BCUT2D eigenvalue weighted by Gasteiger charge is -2.16. The molecule has 0 aliphatic rings. The molecule has 0 aliphatic carbocycles. The second kappa shape index (κ2) is 10.6. The number of benzene rings is 9. The van der Waals surface area contributed by atoms with Crippen molar-refractivity contribution in [1.29, 1.82) is 10.5 Å². The molecule has 0 N–H and O–H groups in total. The number of rotatable bonds is 2. The molecule has 11 rings (SSSR count). The van der Waals surface area contributed by atoms with Crippen molar-refractivity contribution in [3.63, 3.8) is 0 Å². The van der Waals surface area contributed by atoms with Gasteiger partial charge in [-0.2, -0.15) is 10.5 Å². The molecule has 238 valence electrons. The molecular formula is C48H26N4. The lowest BCUT2D eigenvalue weighted by atomic mass is 10.00. The van der Waals surface area contributed by atoms with Gasteiger partial charge in [0.25, 0.3) is 0 Å². The maximum absolute atomic E-state index is 10.8. The topological polar surface area (TPSA) is 57.4 Å². The van der Waals surface area contributed by atoms with Crippen molar-refractivity contribution in [1.82, 2.24) is 9.13 Å². The Morgan fingerprint density at radius 2 is 0.731 bits per heavy atom. The third kappa shape index (κ3) is 3.73. The highest BCUT2D eigenvalue weighted by molar-refractivity contribution is 6.30. The Labute approximate surface area is 297 Å². The van der Waals surface area contributed by atoms with Crippen LogP contribution in [0.25, 0.3) is 98.1 Å². The van der Waals surface area contributed by atoms with Crippen LogP contribution >= 0.6 is 0 Å². The maximum Gasteiger partial charge on any atom is 0.103 e. The molecule has 0 bridgehead atoms. The molecule has 2 heterocycles. The van der Waals surface area contributed by atoms with E-state index in [0.717, 1.165) is 60.1 Å². The van der Waals surface area contributed by atoms with Gasteiger partial charge in [-0.15, -0.1) is 0 Å². The van der Waals surface area contributed by atoms with Crippen molar-refractivity contribution in [3.05, 3.63) is 169 Å². The number of nitriles is 2. The quantitative estimate of drug-likeness (QED) is 0.186. The second-order valence-electron chi connectivity index (χ2n) is 13.5. The highest BCUT2D eigenvalue weighted by atomic mass is 15.0. The van der Waals surface area contributed by atoms with Gasteiger partial charge in [0.1, 0.15) is 12.1 Å². The van der Waals surface area contributed by atoms with Crippen molar-refractivity contribution < 1.29 is 0 Å². The first-order valence-corrected chi connectivity index (χ1v) is 17.4. The van der Waals surface area contributed by atoms with Gasteiger partial charge >= 0.3 is 0 Å². The number of nitrogens with zero attached hydrogens (tertiary/aromatic N) is 4. The van der Waals surface area contributed by atoms with Gasteiger partial charge in [0, 0.05) is 27.2 Å². The van der Waals surface area contributed by atoms with E-state index in [0.29, 0.717) is 16.8 Å². The van der Waals surface area contributed by atoms with Gasteiger partial charge in [0.05, 0.1) is 38.9 Å². The van der Waals surface area contributed by atoms with E-state index in [-0.39, 0.29) is 0 Å². The van der Waals surface area contributed by atoms with Gasteiger partial charge in [0.2, 0.25) is 0 Å². The number of aromatic nitrogens is 2. The molecule has 0 fully saturated rings. The van der Waals surface area contributed by atoms with Gasteiger partial charge in [0.15, 0.2) is 0 Å². The number of fused-ring (bicyclic) bond motifs is 14. The van der Waals surface area contributed by atoms with Gasteiger partial charge in [-0.3, -0.25) is 0 Å². The SMILES string of the molecule is N#Cc1cc(-n2c3ccc4ccccc4c3c3c4ccccc4ccc32)cc(-n2c3ccc4ccccc4c3c3c4ccccc4ccc32)c1C#N. The lowest BCUT2D eigenvalue weighted by molar-refractivity contribution is 1.12. The van der Waals surface area contributed by atoms with Crippen LogP contribution < -0.4 is 0 Å². The van der Waals surface area contributed by atoms with E-state index >= 15 is 0 Å². The van der Waals surface area contributed by atoms with Crippen molar-refractivity contribution in [2.24, 2.45) is 0 Å². The summed E-state index contributed by atoms with van der Waals surface area (Å²) < 4.78 is 4.47. The molecular weight excluding hydrogens is 633 g/mol. The van der Waals surface area contributed by atoms with Gasteiger partial charge in [-0.1, -0.05) is 121 Å². The molecule has 0 radical (unpaired) electrons. The Kier molecular flexibility index (Phi) is 5.77. The highest BCUT2D eigenvalue weighted by Crippen LogP contribution is 2.44. The van der Waals surface area contributed by atoms with Crippen LogP contribution in [-0.4, -0.2) is 9.13 Å². The van der Waals surface area contributed by atoms with E-state index in [1.54, 1.807) is 0 Å². The van der Waals surface area contributed by atoms with E-state index in [2.05, 4.69) is 173 Å². The summed E-state index contributed by atoms with van der Waals surface area (Å²) in [4.78, 5) is 0. The Hall–Kier alpha value is -7.40. The smallest absolute Gasteiger partial charge is 0.103 e. The normalized spacial score (nSPS) is 11.8. The number of hydrogen-bond acceptors (Lipinski definition) is 2. The largest absolute Gasteiger partial charge is 0.309 e. The Morgan fingerprint density at radius 1 is 0.365 bits per heavy atom. The summed E-state index contributed by atoms with van der Waals surface area (Å²) >= 11 is 0. The monoisotopic (exact) mass is 658 g/mol. The summed E-state index contributed by atoms with van der Waals surface area (Å²) in [6.45, 7) is 0. The zero-order valence-electron chi connectivity index (χ0n) is 27.8. The summed E-state index contributed by atoms with van der Waals surface area (Å²) in [6, 6.07) is 60.2. The third-order valence-electron chi connectivity index (χ3n) is 10.9. The fraction of sp³-hybridized carbons (Fsp3) is 0. The van der Waals surface area contributed by atoms with E-state index in [1.165, 1.54) is 32.3 Å². The minimum absolute atomic E-state index is 0.336.